The summed E-state index contributed by atoms with van der Waals surface area (Å²) in [6.45, 7) is 0.703. The first-order chi connectivity index (χ1) is 30.1. The van der Waals surface area contributed by atoms with Crippen molar-refractivity contribution in [2.45, 2.75) is 39.9 Å². The van der Waals surface area contributed by atoms with E-state index in [-0.39, 0.29) is 61.4 Å². The number of fused-ring (bicyclic) bond motifs is 1. The van der Waals surface area contributed by atoms with Gasteiger partial charge in [-0.3, -0.25) is 9.55 Å². The van der Waals surface area contributed by atoms with Crippen molar-refractivity contribution >= 4 is 11.0 Å². The second-order valence-electron chi connectivity index (χ2n) is 13.5. The molecule has 6 aromatic carbocycles. The van der Waals surface area contributed by atoms with E-state index in [9.17, 15) is 6.48 Å². The van der Waals surface area contributed by atoms with Crippen molar-refractivity contribution in [3.05, 3.63) is 168 Å². The molecule has 0 amide bonds. The molecule has 1 N–H and O–H groups in total. The summed E-state index contributed by atoms with van der Waals surface area (Å²) in [7, 11) is 0. The summed E-state index contributed by atoms with van der Waals surface area (Å²) in [5, 5.41) is 11.3. The zero-order valence-corrected chi connectivity index (χ0v) is 31.3. The number of pyridine rings is 1. The topological polar surface area (TPSA) is 50.9 Å². The van der Waals surface area contributed by atoms with E-state index in [1.165, 1.54) is 6.07 Å². The fraction of sp³-hybridized carbons (Fsp3) is 0.125. The van der Waals surface area contributed by atoms with Crippen LogP contribution in [0.25, 0.3) is 72.7 Å². The number of phenolic OH excluding ortho intramolecular Hbond substituents is 1. The Labute approximate surface area is 343 Å². The van der Waals surface area contributed by atoms with Gasteiger partial charge in [-0.2, -0.15) is 0 Å². The molecule has 8 aromatic rings. The minimum Gasteiger partial charge on any atom is -0.507 e. The summed E-state index contributed by atoms with van der Waals surface area (Å²) < 4.78 is 103. The Morgan fingerprint density at radius 2 is 1.43 bits per heavy atom. The van der Waals surface area contributed by atoms with Gasteiger partial charge in [0, 0.05) is 46.7 Å². The average Bonchev–Trinajstić information content (AvgIpc) is 3.62. The van der Waals surface area contributed by atoms with E-state index < -0.39 is 48.9 Å². The molecule has 0 radical (unpaired) electrons. The Morgan fingerprint density at radius 1 is 0.698 bits per heavy atom. The van der Waals surface area contributed by atoms with Crippen LogP contribution < -0.4 is 0 Å². The van der Waals surface area contributed by atoms with Crippen molar-refractivity contribution in [2.24, 2.45) is 0 Å². The average molecular weight is 882 g/mol. The maximum atomic E-state index is 11.3. The molecule has 0 bridgehead atoms. The predicted molar refractivity (Wildman–Crippen MR) is 215 cm³/mol. The van der Waals surface area contributed by atoms with Gasteiger partial charge in [0.1, 0.15) is 11.6 Å². The van der Waals surface area contributed by atoms with E-state index in [4.69, 9.17) is 20.1 Å². The Bertz CT molecular complexity index is 3130. The molecule has 8 rings (SSSR count). The van der Waals surface area contributed by atoms with Gasteiger partial charge in [-0.25, -0.2) is 4.98 Å². The first kappa shape index (κ1) is 23.9. The first-order valence-electron chi connectivity index (χ1n) is 22.7. The molecule has 0 saturated heterocycles. The van der Waals surface area contributed by atoms with Gasteiger partial charge in [0.15, 0.2) is 0 Å². The third-order valence-corrected chi connectivity index (χ3v) is 8.97. The summed E-state index contributed by atoms with van der Waals surface area (Å²) in [6.07, 6.45) is -0.333. The Morgan fingerprint density at radius 3 is 2.19 bits per heavy atom. The van der Waals surface area contributed by atoms with Crippen molar-refractivity contribution in [3.63, 3.8) is 0 Å². The predicted octanol–water partition coefficient (Wildman–Crippen LogP) is 12.2. The van der Waals surface area contributed by atoms with Crippen LogP contribution in [0.3, 0.4) is 0 Å². The van der Waals surface area contributed by atoms with Gasteiger partial charge in [0.2, 0.25) is 0 Å². The van der Waals surface area contributed by atoms with Crippen LogP contribution in [0.5, 0.6) is 5.75 Å². The molecule has 0 aliphatic carbocycles. The maximum absolute atomic E-state index is 11.3. The van der Waals surface area contributed by atoms with Gasteiger partial charge in [-0.15, -0.1) is 29.3 Å². The third kappa shape index (κ3) is 7.00. The van der Waals surface area contributed by atoms with Crippen molar-refractivity contribution in [1.29, 1.82) is 0 Å². The zero-order chi connectivity index (χ0) is 46.2. The van der Waals surface area contributed by atoms with Gasteiger partial charge in [-0.05, 0) is 72.2 Å². The van der Waals surface area contributed by atoms with Crippen molar-refractivity contribution in [3.8, 4) is 67.5 Å². The summed E-state index contributed by atoms with van der Waals surface area (Å²) in [6, 6.07) is 31.9. The van der Waals surface area contributed by atoms with Crippen molar-refractivity contribution in [1.82, 2.24) is 14.5 Å². The van der Waals surface area contributed by atoms with E-state index >= 15 is 0 Å². The standard InChI is InChI=1S/C48H40N3O.Pt/c1-31-18-21-33(22-19-31)35-24-25-49-42(30-35)37-27-36(28-38(29-37)48(3,4)5)39-15-11-16-44-46(39)50-47(40-14-9-10-17-45(40)52)51(44)43-23-20-32(2)26-41(43)34-12-7-6-8-13-34;/h6-26,28-30,52H,1-5H3;/q-1;/i1D3,2D3,18D,19D,21D,22D,25D,30D;. The molecular weight excluding hydrogens is 830 g/mol. The number of aryl methyl sites for hydroxylation is 1. The normalized spacial score (nSPS) is 15.2. The minimum atomic E-state index is -2.93. The Hall–Kier alpha value is -5.57. The number of phenols is 1. The summed E-state index contributed by atoms with van der Waals surface area (Å²) >= 11 is 0. The molecule has 2 heterocycles. The van der Waals surface area contributed by atoms with E-state index in [0.29, 0.717) is 50.4 Å². The number of benzene rings is 6. The molecular formula is C48H40N3OPt-. The smallest absolute Gasteiger partial charge is 0.148 e. The first-order valence-corrected chi connectivity index (χ1v) is 16.7. The second-order valence-corrected chi connectivity index (χ2v) is 13.5. The van der Waals surface area contributed by atoms with Gasteiger partial charge < -0.3 is 5.11 Å². The molecule has 53 heavy (non-hydrogen) atoms. The number of para-hydroxylation sites is 2. The number of hydrogen-bond donors (Lipinski definition) is 1. The van der Waals surface area contributed by atoms with E-state index in [0.717, 1.165) is 11.1 Å². The van der Waals surface area contributed by atoms with Crippen molar-refractivity contribution in [2.75, 3.05) is 0 Å². The fourth-order valence-corrected chi connectivity index (χ4v) is 6.32. The molecule has 4 nitrogen and oxygen atoms in total. The Balaban J connectivity index is 0.00000630. The van der Waals surface area contributed by atoms with E-state index in [1.807, 2.05) is 79.9 Å². The van der Waals surface area contributed by atoms with Gasteiger partial charge in [-0.1, -0.05) is 134 Å². The van der Waals surface area contributed by atoms with Crippen molar-refractivity contribution < 1.29 is 42.6 Å². The minimum absolute atomic E-state index is 0. The number of rotatable bonds is 6. The number of aromatic nitrogens is 3. The molecule has 2 aromatic heterocycles. The van der Waals surface area contributed by atoms with Crippen LogP contribution in [-0.2, 0) is 26.5 Å². The quantitative estimate of drug-likeness (QED) is 0.169. The number of nitrogens with zero attached hydrogens (tertiary/aromatic N) is 3. The largest absolute Gasteiger partial charge is 0.507 e. The van der Waals surface area contributed by atoms with Crippen LogP contribution >= 0.6 is 0 Å². The third-order valence-electron chi connectivity index (χ3n) is 8.97. The molecule has 0 saturated carbocycles. The summed E-state index contributed by atoms with van der Waals surface area (Å²) in [4.78, 5) is 9.65. The molecule has 264 valence electrons. The van der Waals surface area contributed by atoms with Crippen LogP contribution in [0, 0.1) is 19.8 Å². The molecule has 0 spiro atoms. The van der Waals surface area contributed by atoms with E-state index in [1.54, 1.807) is 48.5 Å². The molecule has 0 fully saturated rings. The number of aromatic hydroxyl groups is 1. The molecule has 5 heteroatoms. The SMILES string of the molecule is [2H]c1cc(-c2c([2H])c([2H])c(C([2H])([2H])[2H])c([2H])c2[2H])c([2H])c(-c2[c-]c(-c3cccc4c3nc(-c3ccccc3O)n4-c3ccc(C([2H])([2H])[2H])cc3-c3ccccc3)cc(C(C)(C)C)c2)n1.[Pt]. The molecule has 0 atom stereocenters. The molecule has 0 aliphatic heterocycles. The van der Waals surface area contributed by atoms with Gasteiger partial charge >= 0.3 is 0 Å². The van der Waals surface area contributed by atoms with Gasteiger partial charge in [0.05, 0.1) is 30.5 Å². The van der Waals surface area contributed by atoms with Gasteiger partial charge in [0.25, 0.3) is 0 Å². The Kier molecular flexibility index (Phi) is 6.51. The van der Waals surface area contributed by atoms with E-state index in [2.05, 4.69) is 11.1 Å². The molecule has 0 unspecified atom stereocenters. The van der Waals surface area contributed by atoms with Crippen LogP contribution in [-0.4, -0.2) is 19.6 Å². The number of imidazole rings is 1. The maximum Gasteiger partial charge on any atom is 0.148 e. The summed E-state index contributed by atoms with van der Waals surface area (Å²) in [5.74, 6) is 0.345. The van der Waals surface area contributed by atoms with Crippen LogP contribution in [0.15, 0.2) is 146 Å². The second kappa shape index (κ2) is 14.5. The number of hydrogen-bond acceptors (Lipinski definition) is 3. The monoisotopic (exact) mass is 881 g/mol. The van der Waals surface area contributed by atoms with Crippen LogP contribution in [0.1, 0.15) is 53.9 Å². The molecule has 0 aliphatic rings. The fourth-order valence-electron chi connectivity index (χ4n) is 6.32. The summed E-state index contributed by atoms with van der Waals surface area (Å²) in [5.41, 5.74) is 4.19. The zero-order valence-electron chi connectivity index (χ0n) is 41.0. The van der Waals surface area contributed by atoms with Crippen LogP contribution in [0.2, 0.25) is 0 Å². The van der Waals surface area contributed by atoms with Crippen LogP contribution in [0.4, 0.5) is 0 Å².